The minimum Gasteiger partial charge on any atom is -0.478 e. The molecule has 1 aromatic carbocycles. The molecule has 1 saturated heterocycles. The maximum Gasteiger partial charge on any atom is 0.338 e. The number of carboxylic acid groups (broad SMARTS) is 1. The van der Waals surface area contributed by atoms with Crippen molar-refractivity contribution in [2.75, 3.05) is 18.0 Å². The van der Waals surface area contributed by atoms with Crippen molar-refractivity contribution in [1.29, 1.82) is 0 Å². The second-order valence-electron chi connectivity index (χ2n) is 4.42. The molecule has 8 nitrogen and oxygen atoms in total. The number of nitro benzene ring substituents is 1. The molecule has 106 valence electrons. The van der Waals surface area contributed by atoms with Crippen LogP contribution >= 0.6 is 0 Å². The molecule has 0 bridgehead atoms. The number of carboxylic acids is 1. The summed E-state index contributed by atoms with van der Waals surface area (Å²) in [7, 11) is 0. The Morgan fingerprint density at radius 2 is 2.25 bits per heavy atom. The van der Waals surface area contributed by atoms with Crippen molar-refractivity contribution in [2.24, 2.45) is 0 Å². The first kappa shape index (κ1) is 13.8. The second kappa shape index (κ2) is 5.16. The van der Waals surface area contributed by atoms with Crippen LogP contribution in [0.4, 0.5) is 11.4 Å². The van der Waals surface area contributed by atoms with E-state index in [0.717, 1.165) is 6.07 Å². The lowest BCUT2D eigenvalue weighted by Gasteiger charge is -2.35. The van der Waals surface area contributed by atoms with Gasteiger partial charge < -0.3 is 15.3 Å². The van der Waals surface area contributed by atoms with Gasteiger partial charge >= 0.3 is 5.97 Å². The fourth-order valence-electron chi connectivity index (χ4n) is 2.17. The standard InChI is InChI=1S/C12H13N3O5/c1-7-11(16)13-4-5-14(7)10-3-2-8(15(19)20)6-9(10)12(17)18/h2-3,6-7H,4-5H2,1H3,(H,13,16)(H,17,18). The van der Waals surface area contributed by atoms with Crippen molar-refractivity contribution >= 4 is 23.3 Å². The van der Waals surface area contributed by atoms with Crippen LogP contribution in [0.5, 0.6) is 0 Å². The quantitative estimate of drug-likeness (QED) is 0.619. The molecule has 1 aliphatic rings. The number of carbonyl (C=O) groups excluding carboxylic acids is 1. The molecule has 2 rings (SSSR count). The zero-order valence-corrected chi connectivity index (χ0v) is 10.7. The van der Waals surface area contributed by atoms with E-state index >= 15 is 0 Å². The third-order valence-electron chi connectivity index (χ3n) is 3.23. The lowest BCUT2D eigenvalue weighted by Crippen LogP contribution is -2.54. The first-order valence-electron chi connectivity index (χ1n) is 5.98. The monoisotopic (exact) mass is 279 g/mol. The summed E-state index contributed by atoms with van der Waals surface area (Å²) in [5.41, 5.74) is -0.161. The zero-order valence-electron chi connectivity index (χ0n) is 10.7. The molecule has 1 aliphatic heterocycles. The molecular weight excluding hydrogens is 266 g/mol. The molecule has 1 aromatic rings. The normalized spacial score (nSPS) is 18.6. The fourth-order valence-corrected chi connectivity index (χ4v) is 2.17. The molecule has 8 heteroatoms. The van der Waals surface area contributed by atoms with Crippen LogP contribution in [0.1, 0.15) is 17.3 Å². The van der Waals surface area contributed by atoms with Gasteiger partial charge in [-0.2, -0.15) is 0 Å². The number of amides is 1. The fraction of sp³-hybridized carbons (Fsp3) is 0.333. The summed E-state index contributed by atoms with van der Waals surface area (Å²) < 4.78 is 0. The molecule has 1 fully saturated rings. The van der Waals surface area contributed by atoms with Gasteiger partial charge in [0, 0.05) is 25.2 Å². The van der Waals surface area contributed by atoms with Gasteiger partial charge in [0.2, 0.25) is 5.91 Å². The lowest BCUT2D eigenvalue weighted by atomic mass is 10.1. The predicted octanol–water partition coefficient (Wildman–Crippen LogP) is 0.618. The Hall–Kier alpha value is -2.64. The highest BCUT2D eigenvalue weighted by atomic mass is 16.6. The van der Waals surface area contributed by atoms with Crippen molar-refractivity contribution in [3.05, 3.63) is 33.9 Å². The van der Waals surface area contributed by atoms with E-state index in [-0.39, 0.29) is 17.2 Å². The van der Waals surface area contributed by atoms with Gasteiger partial charge in [0.05, 0.1) is 16.2 Å². The van der Waals surface area contributed by atoms with Crippen molar-refractivity contribution in [3.8, 4) is 0 Å². The Morgan fingerprint density at radius 3 is 2.85 bits per heavy atom. The Kier molecular flexibility index (Phi) is 3.55. The Bertz CT molecular complexity index is 586. The van der Waals surface area contributed by atoms with Gasteiger partial charge in [0.25, 0.3) is 5.69 Å². The highest BCUT2D eigenvalue weighted by molar-refractivity contribution is 5.97. The minimum atomic E-state index is -1.26. The summed E-state index contributed by atoms with van der Waals surface area (Å²) in [5, 5.41) is 22.6. The van der Waals surface area contributed by atoms with E-state index in [1.165, 1.54) is 12.1 Å². The number of nitrogens with one attached hydrogen (secondary N) is 1. The topological polar surface area (TPSA) is 113 Å². The van der Waals surface area contributed by atoms with Gasteiger partial charge in [-0.1, -0.05) is 0 Å². The molecule has 20 heavy (non-hydrogen) atoms. The average Bonchev–Trinajstić information content (AvgIpc) is 2.41. The van der Waals surface area contributed by atoms with Crippen LogP contribution in [0.15, 0.2) is 18.2 Å². The number of hydrogen-bond acceptors (Lipinski definition) is 5. The molecule has 0 saturated carbocycles. The van der Waals surface area contributed by atoms with E-state index in [4.69, 9.17) is 0 Å². The van der Waals surface area contributed by atoms with Crippen LogP contribution in [-0.4, -0.2) is 41.0 Å². The third-order valence-corrected chi connectivity index (χ3v) is 3.23. The number of nitrogens with zero attached hydrogens (tertiary/aromatic N) is 2. The van der Waals surface area contributed by atoms with Gasteiger partial charge in [-0.05, 0) is 13.0 Å². The summed E-state index contributed by atoms with van der Waals surface area (Å²) in [5.74, 6) is -1.46. The smallest absolute Gasteiger partial charge is 0.338 e. The second-order valence-corrected chi connectivity index (χ2v) is 4.42. The summed E-state index contributed by atoms with van der Waals surface area (Å²) >= 11 is 0. The third kappa shape index (κ3) is 2.40. The molecule has 0 aromatic heterocycles. The number of carbonyl (C=O) groups is 2. The van der Waals surface area contributed by atoms with Crippen LogP contribution < -0.4 is 10.2 Å². The summed E-state index contributed by atoms with van der Waals surface area (Å²) in [6.45, 7) is 2.51. The first-order valence-corrected chi connectivity index (χ1v) is 5.98. The predicted molar refractivity (Wildman–Crippen MR) is 69.9 cm³/mol. The van der Waals surface area contributed by atoms with Crippen LogP contribution in [0.25, 0.3) is 0 Å². The van der Waals surface area contributed by atoms with Crippen molar-refractivity contribution in [1.82, 2.24) is 5.32 Å². The maximum absolute atomic E-state index is 11.6. The van der Waals surface area contributed by atoms with Crippen molar-refractivity contribution in [3.63, 3.8) is 0 Å². The van der Waals surface area contributed by atoms with Crippen LogP contribution in [0.2, 0.25) is 0 Å². The van der Waals surface area contributed by atoms with E-state index in [1.54, 1.807) is 11.8 Å². The Balaban J connectivity index is 2.47. The number of benzene rings is 1. The van der Waals surface area contributed by atoms with E-state index in [0.29, 0.717) is 18.8 Å². The molecule has 0 spiro atoms. The summed E-state index contributed by atoms with van der Waals surface area (Å²) in [6, 6.07) is 3.09. The van der Waals surface area contributed by atoms with Gasteiger partial charge in [-0.25, -0.2) is 4.79 Å². The number of aromatic carboxylic acids is 1. The average molecular weight is 279 g/mol. The van der Waals surface area contributed by atoms with Gasteiger partial charge in [0.1, 0.15) is 6.04 Å². The highest BCUT2D eigenvalue weighted by Crippen LogP contribution is 2.27. The maximum atomic E-state index is 11.6. The largest absolute Gasteiger partial charge is 0.478 e. The summed E-state index contributed by atoms with van der Waals surface area (Å²) in [6.07, 6.45) is 0. The lowest BCUT2D eigenvalue weighted by molar-refractivity contribution is -0.384. The van der Waals surface area contributed by atoms with Gasteiger partial charge in [-0.3, -0.25) is 14.9 Å². The van der Waals surface area contributed by atoms with E-state index < -0.39 is 16.9 Å². The van der Waals surface area contributed by atoms with E-state index in [1.807, 2.05) is 0 Å². The van der Waals surface area contributed by atoms with Gasteiger partial charge in [0.15, 0.2) is 0 Å². The molecule has 1 heterocycles. The van der Waals surface area contributed by atoms with Crippen molar-refractivity contribution < 1.29 is 19.6 Å². The number of hydrogen-bond donors (Lipinski definition) is 2. The highest BCUT2D eigenvalue weighted by Gasteiger charge is 2.29. The van der Waals surface area contributed by atoms with Crippen LogP contribution in [0, 0.1) is 10.1 Å². The first-order chi connectivity index (χ1) is 9.41. The van der Waals surface area contributed by atoms with Gasteiger partial charge in [-0.15, -0.1) is 0 Å². The SMILES string of the molecule is CC1C(=O)NCCN1c1ccc([N+](=O)[O-])cc1C(=O)O. The van der Waals surface area contributed by atoms with Crippen molar-refractivity contribution in [2.45, 2.75) is 13.0 Å². The van der Waals surface area contributed by atoms with Crippen LogP contribution in [0.3, 0.4) is 0 Å². The van der Waals surface area contributed by atoms with E-state index in [9.17, 15) is 24.8 Å². The molecule has 0 radical (unpaired) electrons. The minimum absolute atomic E-state index is 0.180. The molecule has 0 aliphatic carbocycles. The van der Waals surface area contributed by atoms with E-state index in [2.05, 4.69) is 5.32 Å². The number of rotatable bonds is 3. The molecule has 1 atom stereocenters. The molecule has 1 unspecified atom stereocenters. The Labute approximate surface area is 114 Å². The zero-order chi connectivity index (χ0) is 14.9. The number of nitro groups is 1. The summed E-state index contributed by atoms with van der Waals surface area (Å²) in [4.78, 5) is 34.6. The number of non-ortho nitro benzene ring substituents is 1. The molecule has 1 amide bonds. The number of piperazine rings is 1. The Morgan fingerprint density at radius 1 is 1.55 bits per heavy atom. The van der Waals surface area contributed by atoms with Crippen LogP contribution in [-0.2, 0) is 4.79 Å². The molecule has 2 N–H and O–H groups in total. The molecular formula is C12H13N3O5. The number of anilines is 1.